The second kappa shape index (κ2) is 11.5. The molecule has 0 fully saturated rings. The minimum Gasteiger partial charge on any atom is -0.357 e. The predicted molar refractivity (Wildman–Crippen MR) is 121 cm³/mol. The van der Waals surface area contributed by atoms with Crippen molar-refractivity contribution in [2.24, 2.45) is 4.99 Å². The number of hydrogen-bond acceptors (Lipinski definition) is 4. The highest BCUT2D eigenvalue weighted by atomic mass is 127. The van der Waals surface area contributed by atoms with Crippen LogP contribution in [-0.4, -0.2) is 33.8 Å². The Morgan fingerprint density at radius 1 is 1.31 bits per heavy atom. The van der Waals surface area contributed by atoms with Crippen LogP contribution in [-0.2, 0) is 13.1 Å². The summed E-state index contributed by atoms with van der Waals surface area (Å²) in [5.41, 5.74) is 3.32. The van der Waals surface area contributed by atoms with E-state index in [1.165, 1.54) is 10.7 Å². The SMILES string of the molecule is CCNC(=NCc1csc(C(C)C)n1)NCCCn1nc(C)cc1C.I. The summed E-state index contributed by atoms with van der Waals surface area (Å²) in [5.74, 6) is 1.32. The highest BCUT2D eigenvalue weighted by molar-refractivity contribution is 14.0. The summed E-state index contributed by atoms with van der Waals surface area (Å²) in [4.78, 5) is 9.27. The van der Waals surface area contributed by atoms with Crippen LogP contribution in [0.4, 0.5) is 0 Å². The highest BCUT2D eigenvalue weighted by Gasteiger charge is 2.06. The van der Waals surface area contributed by atoms with Crippen molar-refractivity contribution in [2.45, 2.75) is 60.0 Å². The van der Waals surface area contributed by atoms with Gasteiger partial charge in [0.25, 0.3) is 0 Å². The first-order chi connectivity index (χ1) is 12.0. The van der Waals surface area contributed by atoms with Crippen molar-refractivity contribution in [3.63, 3.8) is 0 Å². The number of aromatic nitrogens is 3. The monoisotopic (exact) mass is 490 g/mol. The van der Waals surface area contributed by atoms with Crippen molar-refractivity contribution < 1.29 is 0 Å². The Morgan fingerprint density at radius 3 is 2.65 bits per heavy atom. The molecule has 2 rings (SSSR count). The molecule has 0 bridgehead atoms. The maximum Gasteiger partial charge on any atom is 0.191 e. The first-order valence-electron chi connectivity index (χ1n) is 8.97. The predicted octanol–water partition coefficient (Wildman–Crippen LogP) is 3.84. The summed E-state index contributed by atoms with van der Waals surface area (Å²) < 4.78 is 2.06. The molecule has 2 N–H and O–H groups in total. The molecule has 2 heterocycles. The highest BCUT2D eigenvalue weighted by Crippen LogP contribution is 2.19. The molecule has 146 valence electrons. The first-order valence-corrected chi connectivity index (χ1v) is 9.85. The van der Waals surface area contributed by atoms with Gasteiger partial charge in [0.1, 0.15) is 0 Å². The molecule has 6 nitrogen and oxygen atoms in total. The summed E-state index contributed by atoms with van der Waals surface area (Å²) >= 11 is 1.71. The van der Waals surface area contributed by atoms with Gasteiger partial charge in [-0.1, -0.05) is 13.8 Å². The summed E-state index contributed by atoms with van der Waals surface area (Å²) in [5, 5.41) is 14.4. The van der Waals surface area contributed by atoms with Gasteiger partial charge in [0.15, 0.2) is 5.96 Å². The first kappa shape index (κ1) is 22.9. The molecular formula is C18H31IN6S. The van der Waals surface area contributed by atoms with Crippen LogP contribution in [0.15, 0.2) is 16.4 Å². The number of thiazole rings is 1. The van der Waals surface area contributed by atoms with E-state index in [0.717, 1.165) is 43.4 Å². The van der Waals surface area contributed by atoms with Crippen molar-refractivity contribution in [3.05, 3.63) is 33.5 Å². The van der Waals surface area contributed by atoms with Gasteiger partial charge in [-0.3, -0.25) is 4.68 Å². The standard InChI is InChI=1S/C18H30N6S.HI/c1-6-19-18(21-11-16-12-25-17(22-16)13(2)3)20-8-7-9-24-15(5)10-14(4)23-24;/h10,12-13H,6-9,11H2,1-5H3,(H2,19,20,21);1H. The van der Waals surface area contributed by atoms with Crippen LogP contribution < -0.4 is 10.6 Å². The van der Waals surface area contributed by atoms with Crippen LogP contribution in [0.3, 0.4) is 0 Å². The molecule has 0 aromatic carbocycles. The molecule has 0 radical (unpaired) electrons. The van der Waals surface area contributed by atoms with E-state index >= 15 is 0 Å². The van der Waals surface area contributed by atoms with Gasteiger partial charge in [-0.25, -0.2) is 9.98 Å². The van der Waals surface area contributed by atoms with E-state index in [9.17, 15) is 0 Å². The summed E-state index contributed by atoms with van der Waals surface area (Å²) in [6.45, 7) is 13.8. The van der Waals surface area contributed by atoms with Crippen LogP contribution in [0, 0.1) is 13.8 Å². The Morgan fingerprint density at radius 2 is 2.08 bits per heavy atom. The molecular weight excluding hydrogens is 459 g/mol. The molecule has 0 saturated heterocycles. The molecule has 0 spiro atoms. The molecule has 0 amide bonds. The van der Waals surface area contributed by atoms with E-state index < -0.39 is 0 Å². The second-order valence-corrected chi connectivity index (χ2v) is 7.35. The van der Waals surface area contributed by atoms with Crippen molar-refractivity contribution >= 4 is 41.3 Å². The molecule has 0 saturated carbocycles. The topological polar surface area (TPSA) is 67.1 Å². The fourth-order valence-corrected chi connectivity index (χ4v) is 3.33. The van der Waals surface area contributed by atoms with Crippen molar-refractivity contribution in [3.8, 4) is 0 Å². The Hall–Kier alpha value is -1.16. The van der Waals surface area contributed by atoms with Gasteiger partial charge in [0, 0.05) is 36.6 Å². The van der Waals surface area contributed by atoms with Gasteiger partial charge in [-0.05, 0) is 33.3 Å². The number of rotatable bonds is 8. The van der Waals surface area contributed by atoms with Crippen LogP contribution >= 0.6 is 35.3 Å². The molecule has 0 unspecified atom stereocenters. The zero-order valence-electron chi connectivity index (χ0n) is 16.4. The lowest BCUT2D eigenvalue weighted by Gasteiger charge is -2.11. The smallest absolute Gasteiger partial charge is 0.191 e. The average molecular weight is 490 g/mol. The average Bonchev–Trinajstić information content (AvgIpc) is 3.15. The Balaban J connectivity index is 0.00000338. The lowest BCUT2D eigenvalue weighted by atomic mass is 10.2. The van der Waals surface area contributed by atoms with Crippen molar-refractivity contribution in [2.75, 3.05) is 13.1 Å². The van der Waals surface area contributed by atoms with E-state index in [-0.39, 0.29) is 24.0 Å². The van der Waals surface area contributed by atoms with E-state index in [1.807, 2.05) is 6.92 Å². The molecule has 2 aromatic rings. The molecule has 26 heavy (non-hydrogen) atoms. The van der Waals surface area contributed by atoms with Gasteiger partial charge in [-0.15, -0.1) is 35.3 Å². The van der Waals surface area contributed by atoms with Gasteiger partial charge in [0.05, 0.1) is 22.9 Å². The number of nitrogens with zero attached hydrogens (tertiary/aromatic N) is 4. The molecule has 0 atom stereocenters. The number of hydrogen-bond donors (Lipinski definition) is 2. The van der Waals surface area contributed by atoms with Gasteiger partial charge in [-0.2, -0.15) is 5.10 Å². The summed E-state index contributed by atoms with van der Waals surface area (Å²) in [7, 11) is 0. The van der Waals surface area contributed by atoms with E-state index in [1.54, 1.807) is 11.3 Å². The molecule has 0 aliphatic carbocycles. The second-order valence-electron chi connectivity index (χ2n) is 6.46. The van der Waals surface area contributed by atoms with Crippen LogP contribution in [0.25, 0.3) is 0 Å². The number of guanidine groups is 1. The zero-order chi connectivity index (χ0) is 18.2. The van der Waals surface area contributed by atoms with E-state index in [2.05, 4.69) is 69.5 Å². The molecule has 2 aromatic heterocycles. The fourth-order valence-electron chi connectivity index (χ4n) is 2.50. The number of halogens is 1. The Labute approximate surface area is 177 Å². The Bertz CT molecular complexity index is 692. The molecule has 0 aliphatic heterocycles. The summed E-state index contributed by atoms with van der Waals surface area (Å²) in [6.07, 6.45) is 1.00. The number of aliphatic imine (C=N–C) groups is 1. The third-order valence-corrected chi connectivity index (χ3v) is 4.94. The maximum absolute atomic E-state index is 4.64. The third kappa shape index (κ3) is 7.22. The van der Waals surface area contributed by atoms with Gasteiger partial charge >= 0.3 is 0 Å². The van der Waals surface area contributed by atoms with Gasteiger partial charge < -0.3 is 10.6 Å². The van der Waals surface area contributed by atoms with Crippen molar-refractivity contribution in [1.82, 2.24) is 25.4 Å². The van der Waals surface area contributed by atoms with E-state index in [0.29, 0.717) is 12.5 Å². The molecule has 8 heteroatoms. The van der Waals surface area contributed by atoms with Crippen molar-refractivity contribution in [1.29, 1.82) is 0 Å². The van der Waals surface area contributed by atoms with Gasteiger partial charge in [0.2, 0.25) is 0 Å². The Kier molecular flexibility index (Phi) is 10.1. The number of aryl methyl sites for hydroxylation is 3. The quantitative estimate of drug-likeness (QED) is 0.256. The largest absolute Gasteiger partial charge is 0.357 e. The maximum atomic E-state index is 4.64. The molecule has 0 aliphatic rings. The zero-order valence-corrected chi connectivity index (χ0v) is 19.5. The number of nitrogens with one attached hydrogen (secondary N) is 2. The van der Waals surface area contributed by atoms with E-state index in [4.69, 9.17) is 0 Å². The normalized spacial score (nSPS) is 11.5. The van der Waals surface area contributed by atoms with Crippen LogP contribution in [0.1, 0.15) is 55.2 Å². The van der Waals surface area contributed by atoms with Crippen LogP contribution in [0.2, 0.25) is 0 Å². The minimum atomic E-state index is 0. The third-order valence-electron chi connectivity index (χ3n) is 3.75. The summed E-state index contributed by atoms with van der Waals surface area (Å²) in [6, 6.07) is 2.11. The lowest BCUT2D eigenvalue weighted by molar-refractivity contribution is 0.555. The minimum absolute atomic E-state index is 0. The van der Waals surface area contributed by atoms with Crippen LogP contribution in [0.5, 0.6) is 0 Å². The fraction of sp³-hybridized carbons (Fsp3) is 0.611. The lowest BCUT2D eigenvalue weighted by Crippen LogP contribution is -2.38.